The number of guanidine groups is 1. The molecule has 0 radical (unpaired) electrons. The Morgan fingerprint density at radius 1 is 0.747 bits per heavy atom. The van der Waals surface area contributed by atoms with E-state index in [2.05, 4.69) is 46.9 Å². The van der Waals surface area contributed by atoms with Crippen LogP contribution in [0.5, 0.6) is 5.75 Å². The summed E-state index contributed by atoms with van der Waals surface area (Å²) in [5, 5.41) is 45.1. The second-order valence-electron chi connectivity index (χ2n) is 18.9. The van der Waals surface area contributed by atoms with E-state index in [9.17, 15) is 58.5 Å². The first kappa shape index (κ1) is 59.5. The van der Waals surface area contributed by atoms with Crippen LogP contribution in [-0.4, -0.2) is 151 Å². The summed E-state index contributed by atoms with van der Waals surface area (Å²) in [6.45, 7) is 6.90. The number of nitrogens with two attached hydrogens (primary N) is 3. The molecule has 1 aliphatic heterocycles. The summed E-state index contributed by atoms with van der Waals surface area (Å²) in [7, 11) is 0. The number of benzene rings is 2. The number of amides is 7. The van der Waals surface area contributed by atoms with Crippen molar-refractivity contribution in [3.63, 3.8) is 0 Å². The number of nitrogens with zero attached hydrogens (tertiary/aromatic N) is 3. The average molecular weight is 1050 g/mol. The number of nitrogens with one attached hydrogen (secondary N) is 7. The van der Waals surface area contributed by atoms with Crippen molar-refractivity contribution in [2.45, 2.75) is 134 Å². The summed E-state index contributed by atoms with van der Waals surface area (Å²) in [4.78, 5) is 134. The lowest BCUT2D eigenvalue weighted by molar-refractivity contribution is -0.145. The highest BCUT2D eigenvalue weighted by Gasteiger charge is 2.41. The minimum atomic E-state index is -1.51. The number of carboxylic acid groups (broad SMARTS) is 2. The minimum Gasteiger partial charge on any atom is -0.508 e. The van der Waals surface area contributed by atoms with Crippen molar-refractivity contribution in [2.24, 2.45) is 34.0 Å². The van der Waals surface area contributed by atoms with Crippen molar-refractivity contribution >= 4 is 59.2 Å². The van der Waals surface area contributed by atoms with Crippen LogP contribution in [0.15, 0.2) is 72.1 Å². The quantitative estimate of drug-likeness (QED) is 0.0218. The topological polar surface area (TPSA) is 409 Å². The van der Waals surface area contributed by atoms with E-state index in [1.165, 1.54) is 41.7 Å². The van der Waals surface area contributed by atoms with E-state index in [-0.39, 0.29) is 63.3 Å². The fraction of sp³-hybridized carbons (Fsp3) is 0.500. The molecule has 7 amide bonds. The van der Waals surface area contributed by atoms with Crippen molar-refractivity contribution in [1.82, 2.24) is 46.8 Å². The third-order valence-corrected chi connectivity index (χ3v) is 12.7. The number of phenols is 1. The maximum Gasteiger partial charge on any atom is 0.326 e. The summed E-state index contributed by atoms with van der Waals surface area (Å²) in [6.07, 6.45) is 2.92. The fourth-order valence-corrected chi connectivity index (χ4v) is 8.31. The van der Waals surface area contributed by atoms with Gasteiger partial charge >= 0.3 is 11.9 Å². The van der Waals surface area contributed by atoms with Crippen LogP contribution < -0.4 is 49.1 Å². The molecule has 75 heavy (non-hydrogen) atoms. The number of aliphatic imine (C=N–C) groups is 1. The summed E-state index contributed by atoms with van der Waals surface area (Å²) >= 11 is 0. The molecule has 0 spiro atoms. The molecule has 0 unspecified atom stereocenters. The molecule has 1 aliphatic rings. The number of likely N-dealkylation sites (tertiary alicyclic amines) is 1. The van der Waals surface area contributed by atoms with Crippen LogP contribution in [0.1, 0.15) is 83.0 Å². The van der Waals surface area contributed by atoms with E-state index in [1.807, 2.05) is 0 Å². The lowest BCUT2D eigenvalue weighted by atomic mass is 9.96. The maximum absolute atomic E-state index is 14.6. The van der Waals surface area contributed by atoms with Gasteiger partial charge in [0.2, 0.25) is 41.4 Å². The zero-order valence-electron chi connectivity index (χ0n) is 42.5. The number of H-pyrrole nitrogens is 1. The van der Waals surface area contributed by atoms with Crippen molar-refractivity contribution in [1.29, 1.82) is 0 Å². The fourth-order valence-electron chi connectivity index (χ4n) is 8.31. The Bertz CT molecular complexity index is 2450. The predicted octanol–water partition coefficient (Wildman–Crippen LogP) is -1.31. The van der Waals surface area contributed by atoms with Crippen molar-refractivity contribution in [2.75, 3.05) is 13.1 Å². The third-order valence-electron chi connectivity index (χ3n) is 12.7. The summed E-state index contributed by atoms with van der Waals surface area (Å²) in [5.41, 5.74) is 18.2. The van der Waals surface area contributed by atoms with E-state index < -0.39 is 120 Å². The average Bonchev–Trinajstić information content (AvgIpc) is 4.08. The van der Waals surface area contributed by atoms with Crippen LogP contribution in [0.4, 0.5) is 0 Å². The Morgan fingerprint density at radius 2 is 1.35 bits per heavy atom. The van der Waals surface area contributed by atoms with Gasteiger partial charge in [0.1, 0.15) is 48.0 Å². The number of carbonyl (C=O) groups excluding carboxylic acids is 7. The van der Waals surface area contributed by atoms with E-state index >= 15 is 0 Å². The van der Waals surface area contributed by atoms with Gasteiger partial charge in [0, 0.05) is 44.2 Å². The Labute approximate surface area is 434 Å². The van der Waals surface area contributed by atoms with Gasteiger partial charge in [-0.1, -0.05) is 76.6 Å². The van der Waals surface area contributed by atoms with E-state index in [4.69, 9.17) is 17.2 Å². The Hall–Kier alpha value is -8.09. The number of phenolic OH excluding ortho intramolecular Hbond substituents is 1. The molecule has 25 nitrogen and oxygen atoms in total. The van der Waals surface area contributed by atoms with Crippen LogP contribution in [0.25, 0.3) is 0 Å². The predicted molar refractivity (Wildman–Crippen MR) is 273 cm³/mol. The SMILES string of the molecule is CC[C@H](C)[C@H](NC(=O)[C@H](Cc1ccc(O)cc1)NC(=O)[C@@H](NC(=O)[C@H](CCCN=C(N)N)NC(=O)[C@@H](N)CC(=O)O)C(C)C)C(=O)N[C@H](Cc1cnc[nH]1)C(=O)N1CCC[C@H]1C(=O)N[C@@H](Cc1ccccc1)C(=O)O. The molecule has 0 bridgehead atoms. The molecule has 0 aliphatic carbocycles. The summed E-state index contributed by atoms with van der Waals surface area (Å²) < 4.78 is 0. The molecular weight excluding hydrogens is 975 g/mol. The number of aromatic hydroxyl groups is 1. The molecule has 16 N–H and O–H groups in total. The van der Waals surface area contributed by atoms with Gasteiger partial charge in [-0.25, -0.2) is 9.78 Å². The van der Waals surface area contributed by atoms with Gasteiger partial charge in [-0.2, -0.15) is 0 Å². The Kier molecular flexibility index (Phi) is 23.0. The molecule has 1 fully saturated rings. The Balaban J connectivity index is 1.59. The summed E-state index contributed by atoms with van der Waals surface area (Å²) in [6, 6.07) is 3.95. The van der Waals surface area contributed by atoms with Crippen LogP contribution >= 0.6 is 0 Å². The van der Waals surface area contributed by atoms with E-state index in [0.717, 1.165) is 0 Å². The third kappa shape index (κ3) is 18.7. The number of rotatable bonds is 29. The largest absolute Gasteiger partial charge is 0.508 e. The number of hydrogen-bond donors (Lipinski definition) is 13. The molecule has 2 heterocycles. The van der Waals surface area contributed by atoms with Gasteiger partial charge in [-0.3, -0.25) is 43.3 Å². The normalized spacial score (nSPS) is 16.3. The molecule has 2 aromatic carbocycles. The molecule has 9 atom stereocenters. The number of aliphatic carboxylic acids is 2. The van der Waals surface area contributed by atoms with Gasteiger partial charge < -0.3 is 74.3 Å². The first-order valence-corrected chi connectivity index (χ1v) is 24.8. The molecule has 408 valence electrons. The smallest absolute Gasteiger partial charge is 0.326 e. The standard InChI is InChI=1S/C50H71N13O12/c1-5-28(4)41(47(72)59-36(23-31-25-54-26-56-31)48(73)63-20-10-14-38(63)45(70)60-37(49(74)75)22-29-11-7-6-8-12-29)62-44(69)35(21-30-15-17-32(64)18-16-30)58-46(71)40(27(2)3)61-43(68)34(13-9-19-55-50(52)53)57-42(67)33(51)24-39(65)66/h6-8,11-12,15-18,25-28,33-38,40-41,64H,5,9-10,13-14,19-24,51H2,1-4H3,(H,54,56)(H,57,67)(H,58,71)(H,59,72)(H,60,70)(H,61,68)(H,62,69)(H,65,66)(H,74,75)(H4,52,53,55)/t28-,33-,34-,35-,36+,37-,38-,40-,41-/m0/s1. The Morgan fingerprint density at radius 3 is 1.95 bits per heavy atom. The first-order chi connectivity index (χ1) is 35.6. The highest BCUT2D eigenvalue weighted by Crippen LogP contribution is 2.21. The lowest BCUT2D eigenvalue weighted by Gasteiger charge is -2.32. The van der Waals surface area contributed by atoms with E-state index in [0.29, 0.717) is 29.7 Å². The second-order valence-corrected chi connectivity index (χ2v) is 18.9. The van der Waals surface area contributed by atoms with E-state index in [1.54, 1.807) is 58.0 Å². The minimum absolute atomic E-state index is 0.00211. The molecule has 0 saturated carbocycles. The molecule has 4 rings (SSSR count). The number of imidazole rings is 1. The molecule has 3 aromatic rings. The highest BCUT2D eigenvalue weighted by molar-refractivity contribution is 5.98. The van der Waals surface area contributed by atoms with Crippen molar-refractivity contribution in [3.8, 4) is 5.75 Å². The summed E-state index contributed by atoms with van der Waals surface area (Å²) in [5.74, 6) is -9.64. The second kappa shape index (κ2) is 29.0. The van der Waals surface area contributed by atoms with Crippen molar-refractivity contribution in [3.05, 3.63) is 83.9 Å². The molecule has 1 aromatic heterocycles. The van der Waals surface area contributed by atoms with Gasteiger partial charge in [0.25, 0.3) is 0 Å². The van der Waals surface area contributed by atoms with Crippen LogP contribution in [-0.2, 0) is 62.4 Å². The lowest BCUT2D eigenvalue weighted by Crippen LogP contribution is -2.62. The molecule has 25 heteroatoms. The number of carbonyl (C=O) groups is 9. The monoisotopic (exact) mass is 1050 g/mol. The first-order valence-electron chi connectivity index (χ1n) is 24.8. The molecular formula is C50H71N13O12. The van der Waals surface area contributed by atoms with Gasteiger partial charge in [-0.05, 0) is 60.8 Å². The van der Waals surface area contributed by atoms with Crippen molar-refractivity contribution < 1.29 is 58.5 Å². The van der Waals surface area contributed by atoms with Gasteiger partial charge in [0.15, 0.2) is 5.96 Å². The van der Waals surface area contributed by atoms with Gasteiger partial charge in [-0.15, -0.1) is 0 Å². The zero-order valence-corrected chi connectivity index (χ0v) is 42.5. The number of carboxylic acids is 2. The zero-order chi connectivity index (χ0) is 55.4. The maximum atomic E-state index is 14.6. The molecule has 1 saturated heterocycles. The number of aromatic nitrogens is 2. The number of hydrogen-bond acceptors (Lipinski definition) is 13. The number of aromatic amines is 1. The van der Waals surface area contributed by atoms with Crippen LogP contribution in [0.3, 0.4) is 0 Å². The highest BCUT2D eigenvalue weighted by atomic mass is 16.4. The van der Waals surface area contributed by atoms with Crippen LogP contribution in [0, 0.1) is 11.8 Å². The van der Waals surface area contributed by atoms with Crippen LogP contribution in [0.2, 0.25) is 0 Å². The van der Waals surface area contributed by atoms with Gasteiger partial charge in [0.05, 0.1) is 18.8 Å².